The molecule has 0 bridgehead atoms. The Hall–Kier alpha value is -1.74. The summed E-state index contributed by atoms with van der Waals surface area (Å²) in [5.74, 6) is 0. The van der Waals surface area contributed by atoms with Crippen LogP contribution in [0.3, 0.4) is 0 Å². The maximum Gasteiger partial charge on any atom is 0.161 e. The minimum atomic E-state index is 0.437. The van der Waals surface area contributed by atoms with Gasteiger partial charge in [0.2, 0.25) is 0 Å². The quantitative estimate of drug-likeness (QED) is 0.896. The lowest BCUT2D eigenvalue weighted by atomic mass is 10.1. The third-order valence-corrected chi connectivity index (χ3v) is 4.63. The average molecular weight is 282 g/mol. The maximum absolute atomic E-state index is 4.63. The highest BCUT2D eigenvalue weighted by molar-refractivity contribution is 8.14. The van der Waals surface area contributed by atoms with Crippen molar-refractivity contribution < 1.29 is 0 Å². The maximum atomic E-state index is 4.63. The fraction of sp³-hybridized carbons (Fsp3) is 0.235. The van der Waals surface area contributed by atoms with Crippen LogP contribution in [0.2, 0.25) is 0 Å². The summed E-state index contributed by atoms with van der Waals surface area (Å²) in [7, 11) is 0. The Morgan fingerprint density at radius 3 is 2.65 bits per heavy atom. The predicted octanol–water partition coefficient (Wildman–Crippen LogP) is 4.51. The molecule has 0 aromatic heterocycles. The SMILES string of the molecule is CCc1ccccc1NC1=NCC(c2ccccc2)S1. The van der Waals surface area contributed by atoms with Crippen molar-refractivity contribution in [3.8, 4) is 0 Å². The van der Waals surface area contributed by atoms with Crippen LogP contribution in [0, 0.1) is 0 Å². The fourth-order valence-corrected chi connectivity index (χ4v) is 3.38. The molecule has 0 saturated heterocycles. The second-order valence-electron chi connectivity index (χ2n) is 4.80. The molecule has 3 heteroatoms. The third kappa shape index (κ3) is 2.88. The minimum absolute atomic E-state index is 0.437. The van der Waals surface area contributed by atoms with Gasteiger partial charge in [0.05, 0.1) is 11.8 Å². The lowest BCUT2D eigenvalue weighted by Gasteiger charge is -2.11. The standard InChI is InChI=1S/C17H18N2S/c1-2-13-8-6-7-11-15(13)19-17-18-12-16(20-17)14-9-4-3-5-10-14/h3-11,16H,2,12H2,1H3,(H,18,19). The van der Waals surface area contributed by atoms with Crippen molar-refractivity contribution in [3.63, 3.8) is 0 Å². The number of nitrogens with zero attached hydrogens (tertiary/aromatic N) is 1. The third-order valence-electron chi connectivity index (χ3n) is 3.47. The van der Waals surface area contributed by atoms with Gasteiger partial charge in [-0.15, -0.1) is 0 Å². The molecule has 3 rings (SSSR count). The van der Waals surface area contributed by atoms with Gasteiger partial charge < -0.3 is 5.32 Å². The van der Waals surface area contributed by atoms with Crippen LogP contribution < -0.4 is 5.32 Å². The molecule has 0 radical (unpaired) electrons. The van der Waals surface area contributed by atoms with Crippen LogP contribution in [-0.2, 0) is 6.42 Å². The first kappa shape index (κ1) is 13.3. The van der Waals surface area contributed by atoms with Crippen LogP contribution in [-0.4, -0.2) is 11.7 Å². The van der Waals surface area contributed by atoms with Gasteiger partial charge in [-0.05, 0) is 23.6 Å². The second-order valence-corrected chi connectivity index (χ2v) is 5.99. The van der Waals surface area contributed by atoms with Crippen molar-refractivity contribution in [2.75, 3.05) is 11.9 Å². The molecule has 1 aliphatic rings. The molecular weight excluding hydrogens is 264 g/mol. The summed E-state index contributed by atoms with van der Waals surface area (Å²) < 4.78 is 0. The van der Waals surface area contributed by atoms with Crippen LogP contribution in [0.15, 0.2) is 59.6 Å². The summed E-state index contributed by atoms with van der Waals surface area (Å²) in [6.07, 6.45) is 1.03. The Labute approximate surface area is 124 Å². The molecule has 1 aliphatic heterocycles. The number of anilines is 1. The molecule has 2 aromatic carbocycles. The topological polar surface area (TPSA) is 24.4 Å². The van der Waals surface area contributed by atoms with E-state index in [1.165, 1.54) is 16.8 Å². The summed E-state index contributed by atoms with van der Waals surface area (Å²) in [6, 6.07) is 19.0. The van der Waals surface area contributed by atoms with E-state index < -0.39 is 0 Å². The molecule has 102 valence electrons. The average Bonchev–Trinajstić information content (AvgIpc) is 2.97. The smallest absolute Gasteiger partial charge is 0.161 e. The van der Waals surface area contributed by atoms with Gasteiger partial charge in [0, 0.05) is 5.69 Å². The Morgan fingerprint density at radius 2 is 1.85 bits per heavy atom. The van der Waals surface area contributed by atoms with Gasteiger partial charge in [-0.25, -0.2) is 0 Å². The monoisotopic (exact) mass is 282 g/mol. The van der Waals surface area contributed by atoms with E-state index in [1.54, 1.807) is 0 Å². The van der Waals surface area contributed by atoms with Gasteiger partial charge in [-0.2, -0.15) is 0 Å². The number of amidine groups is 1. The largest absolute Gasteiger partial charge is 0.335 e. The number of hydrogen-bond acceptors (Lipinski definition) is 3. The molecule has 0 amide bonds. The number of hydrogen-bond donors (Lipinski definition) is 1. The zero-order valence-corrected chi connectivity index (χ0v) is 12.4. The van der Waals surface area contributed by atoms with Crippen LogP contribution >= 0.6 is 11.8 Å². The summed E-state index contributed by atoms with van der Waals surface area (Å²) in [5, 5.41) is 4.94. The number of thioether (sulfide) groups is 1. The molecule has 0 fully saturated rings. The molecule has 2 nitrogen and oxygen atoms in total. The first-order chi connectivity index (χ1) is 9.86. The van der Waals surface area contributed by atoms with Crippen molar-refractivity contribution in [2.45, 2.75) is 18.6 Å². The molecule has 1 heterocycles. The highest BCUT2D eigenvalue weighted by Crippen LogP contribution is 2.35. The summed E-state index contributed by atoms with van der Waals surface area (Å²) in [4.78, 5) is 4.63. The molecular formula is C17H18N2S. The summed E-state index contributed by atoms with van der Waals surface area (Å²) in [5.41, 5.74) is 3.86. The highest BCUT2D eigenvalue weighted by Gasteiger charge is 2.21. The second kappa shape index (κ2) is 6.14. The van der Waals surface area contributed by atoms with Gasteiger partial charge in [-0.1, -0.05) is 67.2 Å². The predicted molar refractivity (Wildman–Crippen MR) is 88.5 cm³/mol. The minimum Gasteiger partial charge on any atom is -0.335 e. The highest BCUT2D eigenvalue weighted by atomic mass is 32.2. The lowest BCUT2D eigenvalue weighted by molar-refractivity contribution is 0.966. The van der Waals surface area contributed by atoms with Crippen LogP contribution in [0.1, 0.15) is 23.3 Å². The van der Waals surface area contributed by atoms with Crippen LogP contribution in [0.4, 0.5) is 5.69 Å². The van der Waals surface area contributed by atoms with Gasteiger partial charge in [0.25, 0.3) is 0 Å². The number of rotatable bonds is 3. The van der Waals surface area contributed by atoms with E-state index in [2.05, 4.69) is 71.8 Å². The lowest BCUT2D eigenvalue weighted by Crippen LogP contribution is -2.07. The van der Waals surface area contributed by atoms with E-state index in [-0.39, 0.29) is 0 Å². The zero-order chi connectivity index (χ0) is 13.8. The molecule has 0 saturated carbocycles. The van der Waals surface area contributed by atoms with E-state index >= 15 is 0 Å². The van der Waals surface area contributed by atoms with Crippen molar-refractivity contribution in [3.05, 3.63) is 65.7 Å². The normalized spacial score (nSPS) is 17.9. The van der Waals surface area contributed by atoms with Gasteiger partial charge in [0.15, 0.2) is 5.17 Å². The molecule has 0 spiro atoms. The number of para-hydroxylation sites is 1. The molecule has 1 unspecified atom stereocenters. The Balaban J connectivity index is 1.69. The molecule has 1 N–H and O–H groups in total. The van der Waals surface area contributed by atoms with Crippen LogP contribution in [0.5, 0.6) is 0 Å². The first-order valence-electron chi connectivity index (χ1n) is 6.98. The van der Waals surface area contributed by atoms with Gasteiger partial charge in [0.1, 0.15) is 0 Å². The van der Waals surface area contributed by atoms with Crippen molar-refractivity contribution >= 4 is 22.6 Å². The summed E-state index contributed by atoms with van der Waals surface area (Å²) in [6.45, 7) is 3.03. The Bertz CT molecular complexity index is 607. The zero-order valence-electron chi connectivity index (χ0n) is 11.5. The van der Waals surface area contributed by atoms with E-state index in [9.17, 15) is 0 Å². The number of aryl methyl sites for hydroxylation is 1. The van der Waals surface area contributed by atoms with Gasteiger partial charge >= 0.3 is 0 Å². The van der Waals surface area contributed by atoms with Crippen molar-refractivity contribution in [2.24, 2.45) is 4.99 Å². The van der Waals surface area contributed by atoms with Gasteiger partial charge in [-0.3, -0.25) is 4.99 Å². The van der Waals surface area contributed by atoms with Crippen molar-refractivity contribution in [1.82, 2.24) is 0 Å². The van der Waals surface area contributed by atoms with E-state index in [1.807, 2.05) is 11.8 Å². The molecule has 20 heavy (non-hydrogen) atoms. The first-order valence-corrected chi connectivity index (χ1v) is 7.85. The Morgan fingerprint density at radius 1 is 1.10 bits per heavy atom. The molecule has 2 aromatic rings. The van der Waals surface area contributed by atoms with E-state index in [0.29, 0.717) is 5.25 Å². The van der Waals surface area contributed by atoms with E-state index in [4.69, 9.17) is 0 Å². The fourth-order valence-electron chi connectivity index (χ4n) is 2.35. The Kier molecular flexibility index (Phi) is 4.07. The van der Waals surface area contributed by atoms with Crippen molar-refractivity contribution in [1.29, 1.82) is 0 Å². The number of benzene rings is 2. The molecule has 0 aliphatic carbocycles. The number of nitrogens with one attached hydrogen (secondary N) is 1. The van der Waals surface area contributed by atoms with Crippen LogP contribution in [0.25, 0.3) is 0 Å². The molecule has 1 atom stereocenters. The van der Waals surface area contributed by atoms with E-state index in [0.717, 1.165) is 18.1 Å². The summed E-state index contributed by atoms with van der Waals surface area (Å²) >= 11 is 1.82. The number of aliphatic imine (C=N–C) groups is 1.